The monoisotopic (exact) mass is 251 g/mol. The highest BCUT2D eigenvalue weighted by molar-refractivity contribution is 6.33. The second-order valence-electron chi connectivity index (χ2n) is 3.34. The molecule has 1 aromatic heterocycles. The first-order valence-electron chi connectivity index (χ1n) is 4.73. The fraction of sp³-hybridized carbons (Fsp3) is 0. The Morgan fingerprint density at radius 3 is 2.65 bits per heavy atom. The molecule has 2 rings (SSSR count). The third kappa shape index (κ3) is 2.26. The van der Waals surface area contributed by atoms with Crippen LogP contribution in [-0.4, -0.2) is 16.1 Å². The molecule has 0 saturated heterocycles. The van der Waals surface area contributed by atoms with Gasteiger partial charge in [0.1, 0.15) is 5.82 Å². The Kier molecular flexibility index (Phi) is 3.06. The molecule has 0 saturated carbocycles. The van der Waals surface area contributed by atoms with Gasteiger partial charge in [-0.15, -0.1) is 0 Å². The lowest BCUT2D eigenvalue weighted by Crippen LogP contribution is -2.01. The summed E-state index contributed by atoms with van der Waals surface area (Å²) in [7, 11) is 0. The molecule has 0 unspecified atom stereocenters. The van der Waals surface area contributed by atoms with Gasteiger partial charge in [-0.25, -0.2) is 14.2 Å². The quantitative estimate of drug-likeness (QED) is 0.891. The summed E-state index contributed by atoms with van der Waals surface area (Å²) >= 11 is 5.76. The first kappa shape index (κ1) is 11.5. The number of hydrogen-bond acceptors (Lipinski definition) is 2. The van der Waals surface area contributed by atoms with Gasteiger partial charge in [-0.05, 0) is 12.1 Å². The van der Waals surface area contributed by atoms with Gasteiger partial charge >= 0.3 is 5.97 Å². The van der Waals surface area contributed by atoms with Gasteiger partial charge < -0.3 is 5.11 Å². The maximum atomic E-state index is 13.5. The number of benzene rings is 1. The van der Waals surface area contributed by atoms with Crippen LogP contribution in [-0.2, 0) is 0 Å². The summed E-state index contributed by atoms with van der Waals surface area (Å²) in [6.45, 7) is 0. The van der Waals surface area contributed by atoms with Crippen molar-refractivity contribution in [1.29, 1.82) is 0 Å². The van der Waals surface area contributed by atoms with Crippen LogP contribution in [0.25, 0.3) is 11.1 Å². The Labute approximate surface area is 101 Å². The summed E-state index contributed by atoms with van der Waals surface area (Å²) in [5.74, 6) is -1.62. The Hall–Kier alpha value is -1.94. The molecule has 17 heavy (non-hydrogen) atoms. The van der Waals surface area contributed by atoms with Crippen molar-refractivity contribution in [3.05, 3.63) is 53.1 Å². The number of hydrogen-bond donors (Lipinski definition) is 1. The largest absolute Gasteiger partial charge is 0.476 e. The van der Waals surface area contributed by atoms with E-state index < -0.39 is 11.8 Å². The molecule has 2 aromatic rings. The Balaban J connectivity index is 2.52. The molecule has 1 aromatic carbocycles. The van der Waals surface area contributed by atoms with Crippen molar-refractivity contribution >= 4 is 17.6 Å². The minimum atomic E-state index is -1.21. The maximum Gasteiger partial charge on any atom is 0.356 e. The number of pyridine rings is 1. The minimum Gasteiger partial charge on any atom is -0.476 e. The molecule has 3 nitrogen and oxygen atoms in total. The SMILES string of the molecule is O=C(O)c1ncc(-c2ccccc2F)cc1Cl. The van der Waals surface area contributed by atoms with Gasteiger partial charge in [-0.1, -0.05) is 29.8 Å². The van der Waals surface area contributed by atoms with E-state index in [1.54, 1.807) is 18.2 Å². The van der Waals surface area contributed by atoms with Crippen molar-refractivity contribution in [1.82, 2.24) is 4.98 Å². The first-order chi connectivity index (χ1) is 8.09. The fourth-order valence-corrected chi connectivity index (χ4v) is 1.69. The molecule has 0 aliphatic carbocycles. The molecule has 0 aliphatic heterocycles. The molecule has 86 valence electrons. The van der Waals surface area contributed by atoms with Crippen molar-refractivity contribution in [2.75, 3.05) is 0 Å². The van der Waals surface area contributed by atoms with E-state index in [0.29, 0.717) is 11.1 Å². The minimum absolute atomic E-state index is 0.0155. The summed E-state index contributed by atoms with van der Waals surface area (Å²) in [4.78, 5) is 14.4. The number of nitrogens with zero attached hydrogens (tertiary/aromatic N) is 1. The molecule has 0 atom stereocenters. The van der Waals surface area contributed by atoms with Crippen molar-refractivity contribution in [3.8, 4) is 11.1 Å². The standard InChI is InChI=1S/C12H7ClFNO2/c13-9-5-7(6-15-11(9)12(16)17)8-3-1-2-4-10(8)14/h1-6H,(H,16,17). The summed E-state index contributed by atoms with van der Waals surface area (Å²) in [5.41, 5.74) is 0.531. The van der Waals surface area contributed by atoms with E-state index >= 15 is 0 Å². The average Bonchev–Trinajstić information content (AvgIpc) is 2.29. The van der Waals surface area contributed by atoms with E-state index in [1.807, 2.05) is 0 Å². The number of aromatic nitrogens is 1. The van der Waals surface area contributed by atoms with Crippen LogP contribution in [0.4, 0.5) is 4.39 Å². The molecule has 0 bridgehead atoms. The number of carboxylic acids is 1. The van der Waals surface area contributed by atoms with E-state index in [2.05, 4.69) is 4.98 Å². The van der Waals surface area contributed by atoms with Gasteiger partial charge in [-0.3, -0.25) is 0 Å². The van der Waals surface area contributed by atoms with Crippen LogP contribution in [0.15, 0.2) is 36.5 Å². The number of halogens is 2. The summed E-state index contributed by atoms with van der Waals surface area (Å²) in [6.07, 6.45) is 1.29. The molecule has 1 N–H and O–H groups in total. The van der Waals surface area contributed by atoms with Crippen molar-refractivity contribution in [3.63, 3.8) is 0 Å². The predicted molar refractivity (Wildman–Crippen MR) is 61.6 cm³/mol. The molecular weight excluding hydrogens is 245 g/mol. The third-order valence-corrected chi connectivity index (χ3v) is 2.52. The zero-order chi connectivity index (χ0) is 12.4. The van der Waals surface area contributed by atoms with Gasteiger partial charge in [0.15, 0.2) is 5.69 Å². The number of rotatable bonds is 2. The van der Waals surface area contributed by atoms with E-state index in [4.69, 9.17) is 16.7 Å². The Morgan fingerprint density at radius 2 is 2.06 bits per heavy atom. The topological polar surface area (TPSA) is 50.2 Å². The molecule has 0 spiro atoms. The first-order valence-corrected chi connectivity index (χ1v) is 5.11. The number of carbonyl (C=O) groups is 1. The highest BCUT2D eigenvalue weighted by Crippen LogP contribution is 2.25. The fourth-order valence-electron chi connectivity index (χ4n) is 1.44. The van der Waals surface area contributed by atoms with E-state index in [0.717, 1.165) is 0 Å². The second-order valence-corrected chi connectivity index (χ2v) is 3.75. The van der Waals surface area contributed by atoms with Crippen molar-refractivity contribution in [2.24, 2.45) is 0 Å². The van der Waals surface area contributed by atoms with E-state index in [-0.39, 0.29) is 10.7 Å². The number of carboxylic acid groups (broad SMARTS) is 1. The summed E-state index contributed by atoms with van der Waals surface area (Å²) < 4.78 is 13.5. The predicted octanol–water partition coefficient (Wildman–Crippen LogP) is 3.24. The van der Waals surface area contributed by atoms with E-state index in [1.165, 1.54) is 18.3 Å². The zero-order valence-corrected chi connectivity index (χ0v) is 9.28. The van der Waals surface area contributed by atoms with Gasteiger partial charge in [0.2, 0.25) is 0 Å². The van der Waals surface area contributed by atoms with Crippen LogP contribution in [0, 0.1) is 5.82 Å². The van der Waals surface area contributed by atoms with Gasteiger partial charge in [0.25, 0.3) is 0 Å². The smallest absolute Gasteiger partial charge is 0.356 e. The normalized spacial score (nSPS) is 10.2. The zero-order valence-electron chi connectivity index (χ0n) is 8.52. The van der Waals surface area contributed by atoms with Crippen LogP contribution < -0.4 is 0 Å². The van der Waals surface area contributed by atoms with Crippen LogP contribution in [0.2, 0.25) is 5.02 Å². The molecular formula is C12H7ClFNO2. The van der Waals surface area contributed by atoms with Crippen molar-refractivity contribution in [2.45, 2.75) is 0 Å². The summed E-state index contributed by atoms with van der Waals surface area (Å²) in [5, 5.41) is 8.75. The lowest BCUT2D eigenvalue weighted by atomic mass is 10.1. The molecule has 0 fully saturated rings. The van der Waals surface area contributed by atoms with Crippen LogP contribution in [0.1, 0.15) is 10.5 Å². The highest BCUT2D eigenvalue weighted by atomic mass is 35.5. The van der Waals surface area contributed by atoms with Crippen molar-refractivity contribution < 1.29 is 14.3 Å². The lowest BCUT2D eigenvalue weighted by Gasteiger charge is -2.04. The number of aromatic carboxylic acids is 1. The molecule has 0 amide bonds. The lowest BCUT2D eigenvalue weighted by molar-refractivity contribution is 0.0691. The molecule has 0 radical (unpaired) electrons. The molecule has 1 heterocycles. The molecule has 0 aliphatic rings. The maximum absolute atomic E-state index is 13.5. The van der Waals surface area contributed by atoms with Gasteiger partial charge in [0.05, 0.1) is 5.02 Å². The second kappa shape index (κ2) is 4.51. The Morgan fingerprint density at radius 1 is 1.35 bits per heavy atom. The average molecular weight is 252 g/mol. The van der Waals surface area contributed by atoms with Crippen LogP contribution >= 0.6 is 11.6 Å². The Bertz CT molecular complexity index is 586. The highest BCUT2D eigenvalue weighted by Gasteiger charge is 2.12. The van der Waals surface area contributed by atoms with Crippen LogP contribution in [0.3, 0.4) is 0 Å². The third-order valence-electron chi connectivity index (χ3n) is 2.23. The summed E-state index contributed by atoms with van der Waals surface area (Å²) in [6, 6.07) is 7.52. The van der Waals surface area contributed by atoms with E-state index in [9.17, 15) is 9.18 Å². The molecule has 5 heteroatoms. The van der Waals surface area contributed by atoms with Gasteiger partial charge in [-0.2, -0.15) is 0 Å². The van der Waals surface area contributed by atoms with Gasteiger partial charge in [0, 0.05) is 17.3 Å². The van der Waals surface area contributed by atoms with Crippen LogP contribution in [0.5, 0.6) is 0 Å².